The van der Waals surface area contributed by atoms with Crippen LogP contribution >= 0.6 is 0 Å². The summed E-state index contributed by atoms with van der Waals surface area (Å²) in [5.41, 5.74) is 1.09. The second-order valence-corrected chi connectivity index (χ2v) is 3.84. The van der Waals surface area contributed by atoms with E-state index in [1.54, 1.807) is 6.33 Å². The molecule has 1 aliphatic rings. The monoisotopic (exact) mass is 189 g/mol. The molecule has 0 N–H and O–H groups in total. The van der Waals surface area contributed by atoms with Gasteiger partial charge in [-0.15, -0.1) is 0 Å². The molecule has 0 amide bonds. The third-order valence-electron chi connectivity index (χ3n) is 2.57. The Bertz CT molecular complexity index is 308. The fourth-order valence-electron chi connectivity index (χ4n) is 1.77. The van der Waals surface area contributed by atoms with Crippen LogP contribution < -0.4 is 0 Å². The van der Waals surface area contributed by atoms with Crippen molar-refractivity contribution in [3.8, 4) is 0 Å². The van der Waals surface area contributed by atoms with Crippen LogP contribution in [0.15, 0.2) is 24.8 Å². The lowest BCUT2D eigenvalue weighted by Crippen LogP contribution is -2.13. The summed E-state index contributed by atoms with van der Waals surface area (Å²) in [5, 5.41) is 0. The Kier molecular flexibility index (Phi) is 2.89. The van der Waals surface area contributed by atoms with Gasteiger partial charge in [0.05, 0.1) is 0 Å². The summed E-state index contributed by atoms with van der Waals surface area (Å²) in [6.07, 6.45) is 10.9. The SMILES string of the molecule is CN1CCC(/C=C/c2cncnc2)C1. The molecule has 2 heterocycles. The van der Waals surface area contributed by atoms with Crippen LogP contribution in [0.3, 0.4) is 0 Å². The van der Waals surface area contributed by atoms with Crippen LogP contribution in [0.2, 0.25) is 0 Å². The van der Waals surface area contributed by atoms with Crippen molar-refractivity contribution >= 4 is 6.08 Å². The maximum atomic E-state index is 3.97. The van der Waals surface area contributed by atoms with E-state index < -0.39 is 0 Å². The van der Waals surface area contributed by atoms with Crippen LogP contribution in [0.5, 0.6) is 0 Å². The summed E-state index contributed by atoms with van der Waals surface area (Å²) in [5.74, 6) is 0.695. The molecule has 1 unspecified atom stereocenters. The summed E-state index contributed by atoms with van der Waals surface area (Å²) in [6, 6.07) is 0. The lowest BCUT2D eigenvalue weighted by molar-refractivity contribution is 0.408. The van der Waals surface area contributed by atoms with Crippen molar-refractivity contribution in [2.75, 3.05) is 20.1 Å². The smallest absolute Gasteiger partial charge is 0.115 e. The average molecular weight is 189 g/mol. The van der Waals surface area contributed by atoms with E-state index in [0.29, 0.717) is 5.92 Å². The quantitative estimate of drug-likeness (QED) is 0.705. The van der Waals surface area contributed by atoms with Crippen molar-refractivity contribution in [1.29, 1.82) is 0 Å². The molecule has 0 radical (unpaired) electrons. The number of rotatable bonds is 2. The molecule has 14 heavy (non-hydrogen) atoms. The van der Waals surface area contributed by atoms with Crippen LogP contribution in [-0.4, -0.2) is 35.0 Å². The molecule has 0 spiro atoms. The molecule has 1 aromatic rings. The molecule has 1 fully saturated rings. The van der Waals surface area contributed by atoms with E-state index in [2.05, 4.69) is 34.1 Å². The van der Waals surface area contributed by atoms with Crippen LogP contribution in [-0.2, 0) is 0 Å². The van der Waals surface area contributed by atoms with Crippen molar-refractivity contribution < 1.29 is 0 Å². The predicted octanol–water partition coefficient (Wildman–Crippen LogP) is 1.44. The Labute approximate surface area is 84.5 Å². The summed E-state index contributed by atoms with van der Waals surface area (Å²) in [7, 11) is 2.17. The average Bonchev–Trinajstić information content (AvgIpc) is 2.63. The summed E-state index contributed by atoms with van der Waals surface area (Å²) >= 11 is 0. The van der Waals surface area contributed by atoms with E-state index in [1.807, 2.05) is 12.4 Å². The second-order valence-electron chi connectivity index (χ2n) is 3.84. The summed E-state index contributed by atoms with van der Waals surface area (Å²) < 4.78 is 0. The fraction of sp³-hybridized carbons (Fsp3) is 0.455. The van der Waals surface area contributed by atoms with Gasteiger partial charge in [0.2, 0.25) is 0 Å². The first kappa shape index (κ1) is 9.34. The Hall–Kier alpha value is -1.22. The van der Waals surface area contributed by atoms with E-state index in [1.165, 1.54) is 19.5 Å². The van der Waals surface area contributed by atoms with Gasteiger partial charge in [0, 0.05) is 24.5 Å². The van der Waals surface area contributed by atoms with Gasteiger partial charge in [-0.25, -0.2) is 9.97 Å². The molecular formula is C11H15N3. The van der Waals surface area contributed by atoms with Gasteiger partial charge in [0.15, 0.2) is 0 Å². The van der Waals surface area contributed by atoms with Gasteiger partial charge >= 0.3 is 0 Å². The van der Waals surface area contributed by atoms with Crippen molar-refractivity contribution in [2.45, 2.75) is 6.42 Å². The topological polar surface area (TPSA) is 29.0 Å². The summed E-state index contributed by atoms with van der Waals surface area (Å²) in [4.78, 5) is 10.3. The largest absolute Gasteiger partial charge is 0.306 e. The van der Waals surface area contributed by atoms with Crippen molar-refractivity contribution in [1.82, 2.24) is 14.9 Å². The molecule has 1 saturated heterocycles. The Balaban J connectivity index is 1.94. The van der Waals surface area contributed by atoms with Crippen molar-refractivity contribution in [3.63, 3.8) is 0 Å². The molecule has 0 bridgehead atoms. The fourth-order valence-corrected chi connectivity index (χ4v) is 1.77. The highest BCUT2D eigenvalue weighted by Gasteiger charge is 2.15. The highest BCUT2D eigenvalue weighted by molar-refractivity contribution is 5.46. The first-order valence-corrected chi connectivity index (χ1v) is 4.96. The van der Waals surface area contributed by atoms with Crippen LogP contribution in [0.25, 0.3) is 6.08 Å². The zero-order valence-electron chi connectivity index (χ0n) is 8.43. The molecule has 2 rings (SSSR count). The number of hydrogen-bond acceptors (Lipinski definition) is 3. The van der Waals surface area contributed by atoms with E-state index in [0.717, 1.165) is 5.56 Å². The Morgan fingerprint density at radius 3 is 2.86 bits per heavy atom. The number of hydrogen-bond donors (Lipinski definition) is 0. The van der Waals surface area contributed by atoms with Crippen LogP contribution in [0, 0.1) is 5.92 Å². The zero-order valence-corrected chi connectivity index (χ0v) is 8.43. The molecule has 3 nitrogen and oxygen atoms in total. The number of aromatic nitrogens is 2. The van der Waals surface area contributed by atoms with Gasteiger partial charge in [-0.2, -0.15) is 0 Å². The Morgan fingerprint density at radius 1 is 1.43 bits per heavy atom. The minimum atomic E-state index is 0.695. The first-order chi connectivity index (χ1) is 6.84. The van der Waals surface area contributed by atoms with E-state index in [4.69, 9.17) is 0 Å². The molecule has 1 aliphatic heterocycles. The van der Waals surface area contributed by atoms with Gasteiger partial charge in [0.1, 0.15) is 6.33 Å². The Morgan fingerprint density at radius 2 is 2.21 bits per heavy atom. The third kappa shape index (κ3) is 2.39. The van der Waals surface area contributed by atoms with E-state index in [9.17, 15) is 0 Å². The van der Waals surface area contributed by atoms with Crippen molar-refractivity contribution in [2.24, 2.45) is 5.92 Å². The highest BCUT2D eigenvalue weighted by Crippen LogP contribution is 2.16. The van der Waals surface area contributed by atoms with Crippen LogP contribution in [0.4, 0.5) is 0 Å². The summed E-state index contributed by atoms with van der Waals surface area (Å²) in [6.45, 7) is 2.38. The predicted molar refractivity (Wildman–Crippen MR) is 56.7 cm³/mol. The number of likely N-dealkylation sites (tertiary alicyclic amines) is 1. The lowest BCUT2D eigenvalue weighted by Gasteiger charge is -2.05. The van der Waals surface area contributed by atoms with Gasteiger partial charge in [-0.1, -0.05) is 12.2 Å². The van der Waals surface area contributed by atoms with Crippen molar-refractivity contribution in [3.05, 3.63) is 30.4 Å². The molecule has 1 aromatic heterocycles. The number of nitrogens with zero attached hydrogens (tertiary/aromatic N) is 3. The second kappa shape index (κ2) is 4.33. The lowest BCUT2D eigenvalue weighted by atomic mass is 10.1. The minimum Gasteiger partial charge on any atom is -0.306 e. The molecule has 74 valence electrons. The molecule has 0 aromatic carbocycles. The highest BCUT2D eigenvalue weighted by atomic mass is 15.1. The van der Waals surface area contributed by atoms with Gasteiger partial charge in [-0.3, -0.25) is 0 Å². The zero-order chi connectivity index (χ0) is 9.80. The first-order valence-electron chi connectivity index (χ1n) is 4.96. The van der Waals surface area contributed by atoms with E-state index >= 15 is 0 Å². The molecule has 1 atom stereocenters. The van der Waals surface area contributed by atoms with Gasteiger partial charge < -0.3 is 4.90 Å². The van der Waals surface area contributed by atoms with Gasteiger partial charge in [-0.05, 0) is 25.9 Å². The third-order valence-corrected chi connectivity index (χ3v) is 2.57. The molecule has 3 heteroatoms. The maximum Gasteiger partial charge on any atom is 0.115 e. The standard InChI is InChI=1S/C11H15N3/c1-14-5-4-10(8-14)2-3-11-6-12-9-13-7-11/h2-3,6-7,9-10H,4-5,8H2,1H3/b3-2+. The van der Waals surface area contributed by atoms with Gasteiger partial charge in [0.25, 0.3) is 0 Å². The molecule has 0 saturated carbocycles. The molecule has 0 aliphatic carbocycles. The van der Waals surface area contributed by atoms with Crippen LogP contribution in [0.1, 0.15) is 12.0 Å². The maximum absolute atomic E-state index is 3.97. The normalized spacial score (nSPS) is 23.4. The van der Waals surface area contributed by atoms with E-state index in [-0.39, 0.29) is 0 Å². The molecular weight excluding hydrogens is 174 g/mol. The minimum absolute atomic E-state index is 0.695.